The highest BCUT2D eigenvalue weighted by molar-refractivity contribution is 5.82. The fraction of sp³-hybridized carbons (Fsp3) is 0.667. The summed E-state index contributed by atoms with van der Waals surface area (Å²) in [6.07, 6.45) is 1.64. The Kier molecular flexibility index (Phi) is 6.55. The van der Waals surface area contributed by atoms with Gasteiger partial charge in [-0.3, -0.25) is 4.57 Å². The molecule has 6 atom stereocenters. The van der Waals surface area contributed by atoms with Crippen molar-refractivity contribution < 1.29 is 24.9 Å². The average Bonchev–Trinajstić information content (AvgIpc) is 3.21. The summed E-state index contributed by atoms with van der Waals surface area (Å²) in [5.41, 5.74) is 0.890. The van der Waals surface area contributed by atoms with Gasteiger partial charge in [0.25, 0.3) is 0 Å². The van der Waals surface area contributed by atoms with Crippen molar-refractivity contribution in [2.24, 2.45) is 0 Å². The highest BCUT2D eigenvalue weighted by Crippen LogP contribution is 2.31. The fourth-order valence-corrected chi connectivity index (χ4v) is 3.48. The van der Waals surface area contributed by atoms with Crippen LogP contribution in [0, 0.1) is 0 Å². The third kappa shape index (κ3) is 4.14. The molecule has 2 aromatic heterocycles. The summed E-state index contributed by atoms with van der Waals surface area (Å²) in [5, 5.41) is 33.3. The van der Waals surface area contributed by atoms with Gasteiger partial charge in [0.15, 0.2) is 29.5 Å². The molecular formula is C18H27N5O5. The van der Waals surface area contributed by atoms with E-state index in [-0.39, 0.29) is 6.04 Å². The number of fused-ring (bicyclic) bond motifs is 1. The maximum Gasteiger partial charge on any atom is 0.167 e. The molecule has 0 spiro atoms. The van der Waals surface area contributed by atoms with Crippen LogP contribution < -0.4 is 5.32 Å². The molecule has 0 saturated carbocycles. The van der Waals surface area contributed by atoms with Crippen molar-refractivity contribution in [2.45, 2.75) is 76.2 Å². The number of imidazole rings is 1. The molecule has 154 valence electrons. The summed E-state index contributed by atoms with van der Waals surface area (Å²) in [4.78, 5) is 23.9. The van der Waals surface area contributed by atoms with E-state index < -0.39 is 30.6 Å². The minimum atomic E-state index is -1.32. The van der Waals surface area contributed by atoms with Gasteiger partial charge in [0.2, 0.25) is 0 Å². The number of hydrogen-bond donors (Lipinski definition) is 4. The molecule has 0 bridgehead atoms. The van der Waals surface area contributed by atoms with Crippen LogP contribution in [0.2, 0.25) is 0 Å². The molecule has 1 fully saturated rings. The van der Waals surface area contributed by atoms with Crippen molar-refractivity contribution in [1.29, 1.82) is 0 Å². The van der Waals surface area contributed by atoms with Gasteiger partial charge in [-0.2, -0.15) is 0 Å². The van der Waals surface area contributed by atoms with Gasteiger partial charge in [0, 0.05) is 6.04 Å². The summed E-state index contributed by atoms with van der Waals surface area (Å²) >= 11 is 0. The molecule has 4 N–H and O–H groups in total. The Morgan fingerprint density at radius 2 is 2.11 bits per heavy atom. The van der Waals surface area contributed by atoms with E-state index in [9.17, 15) is 20.1 Å². The molecule has 28 heavy (non-hydrogen) atoms. The van der Waals surface area contributed by atoms with E-state index >= 15 is 0 Å². The first-order chi connectivity index (χ1) is 13.5. The smallest absolute Gasteiger partial charge is 0.167 e. The predicted molar refractivity (Wildman–Crippen MR) is 101 cm³/mol. The van der Waals surface area contributed by atoms with Crippen molar-refractivity contribution in [3.63, 3.8) is 0 Å². The number of hydrogen-bond acceptors (Lipinski definition) is 9. The van der Waals surface area contributed by atoms with Gasteiger partial charge in [0.05, 0.1) is 12.4 Å². The number of aliphatic hydroxyl groups is 3. The molecule has 2 unspecified atom stereocenters. The zero-order chi connectivity index (χ0) is 20.3. The van der Waals surface area contributed by atoms with Crippen LogP contribution >= 0.6 is 0 Å². The van der Waals surface area contributed by atoms with E-state index in [1.165, 1.54) is 17.2 Å². The number of unbranched alkanes of at least 4 members (excludes halogenated alkanes) is 1. The third-order valence-electron chi connectivity index (χ3n) is 4.91. The largest absolute Gasteiger partial charge is 0.393 e. The molecule has 0 amide bonds. The lowest BCUT2D eigenvalue weighted by Crippen LogP contribution is -2.32. The maximum absolute atomic E-state index is 11.0. The minimum absolute atomic E-state index is 0.0257. The number of anilines is 1. The second-order valence-electron chi connectivity index (χ2n) is 7.22. The Morgan fingerprint density at radius 1 is 1.32 bits per heavy atom. The molecule has 3 heterocycles. The summed E-state index contributed by atoms with van der Waals surface area (Å²) in [6, 6.07) is 0.0257. The molecule has 0 radical (unpaired) electrons. The number of carbonyl (C=O) groups is 1. The van der Waals surface area contributed by atoms with Crippen LogP contribution in [0.1, 0.15) is 45.8 Å². The first-order valence-corrected chi connectivity index (χ1v) is 9.55. The lowest BCUT2D eigenvalue weighted by Gasteiger charge is -2.21. The molecular weight excluding hydrogens is 366 g/mol. The number of ether oxygens (including phenoxy) is 1. The number of nitrogens with one attached hydrogen (secondary N) is 1. The van der Waals surface area contributed by atoms with Crippen molar-refractivity contribution in [1.82, 2.24) is 19.5 Å². The van der Waals surface area contributed by atoms with Gasteiger partial charge in [-0.05, 0) is 19.8 Å². The number of carbonyl (C=O) groups excluding carboxylic acids is 1. The zero-order valence-electron chi connectivity index (χ0n) is 16.0. The number of aromatic nitrogens is 4. The normalized spacial score (nSPS) is 27.0. The van der Waals surface area contributed by atoms with Crippen LogP contribution in [0.3, 0.4) is 0 Å². The van der Waals surface area contributed by atoms with Crippen LogP contribution in [-0.2, 0) is 9.53 Å². The molecule has 10 heteroatoms. The van der Waals surface area contributed by atoms with Crippen LogP contribution in [-0.4, -0.2) is 71.6 Å². The van der Waals surface area contributed by atoms with Crippen LogP contribution in [0.25, 0.3) is 11.2 Å². The molecule has 0 aliphatic carbocycles. The quantitative estimate of drug-likeness (QED) is 0.445. The second-order valence-corrected chi connectivity index (χ2v) is 7.22. The standard InChI is InChI=1S/C18H27N5O5/c1-3-4-5-11(6-10(2)25)22-16-13-17(20-8-19-16)23(9-21-13)18-15(27)14(26)12(7-24)28-18/h7-12,14-15,18,25-27H,3-6H2,1-2H3,(H,19,20,22)/t10?,11?,12-,14-,15-,18-/m1/s1. The molecule has 3 rings (SSSR count). The molecule has 1 saturated heterocycles. The van der Waals surface area contributed by atoms with Gasteiger partial charge >= 0.3 is 0 Å². The summed E-state index contributed by atoms with van der Waals surface area (Å²) in [5.74, 6) is 0.519. The van der Waals surface area contributed by atoms with Crippen molar-refractivity contribution >= 4 is 23.3 Å². The van der Waals surface area contributed by atoms with E-state index in [0.29, 0.717) is 29.7 Å². The summed E-state index contributed by atoms with van der Waals surface area (Å²) in [6.45, 7) is 3.86. The molecule has 10 nitrogen and oxygen atoms in total. The van der Waals surface area contributed by atoms with E-state index in [1.54, 1.807) is 6.92 Å². The first-order valence-electron chi connectivity index (χ1n) is 9.55. The Morgan fingerprint density at radius 3 is 2.75 bits per heavy atom. The molecule has 1 aliphatic rings. The number of aliphatic hydroxyl groups excluding tert-OH is 3. The fourth-order valence-electron chi connectivity index (χ4n) is 3.48. The van der Waals surface area contributed by atoms with Crippen LogP contribution in [0.4, 0.5) is 5.82 Å². The van der Waals surface area contributed by atoms with E-state index in [2.05, 4.69) is 27.2 Å². The number of rotatable bonds is 9. The van der Waals surface area contributed by atoms with Crippen molar-refractivity contribution in [3.8, 4) is 0 Å². The topological polar surface area (TPSA) is 143 Å². The molecule has 1 aliphatic heterocycles. The lowest BCUT2D eigenvalue weighted by molar-refractivity contribution is -0.122. The maximum atomic E-state index is 11.0. The van der Waals surface area contributed by atoms with Gasteiger partial charge < -0.3 is 30.2 Å². The lowest BCUT2D eigenvalue weighted by atomic mass is 10.0. The Balaban J connectivity index is 1.87. The van der Waals surface area contributed by atoms with Crippen molar-refractivity contribution in [3.05, 3.63) is 12.7 Å². The van der Waals surface area contributed by atoms with E-state index in [1.807, 2.05) is 0 Å². The number of aldehydes is 1. The van der Waals surface area contributed by atoms with Crippen LogP contribution in [0.15, 0.2) is 12.7 Å². The van der Waals surface area contributed by atoms with Gasteiger partial charge in [0.1, 0.15) is 24.6 Å². The summed E-state index contributed by atoms with van der Waals surface area (Å²) < 4.78 is 6.94. The highest BCUT2D eigenvalue weighted by Gasteiger charge is 2.44. The SMILES string of the molecule is CCCCC(CC(C)O)Nc1ncnc2c1ncn2[C@@H]1O[C@H](C=O)[C@@H](O)[C@H]1O. The van der Waals surface area contributed by atoms with Gasteiger partial charge in [-0.15, -0.1) is 0 Å². The molecule has 2 aromatic rings. The van der Waals surface area contributed by atoms with Crippen molar-refractivity contribution in [2.75, 3.05) is 5.32 Å². The van der Waals surface area contributed by atoms with Gasteiger partial charge in [-0.25, -0.2) is 15.0 Å². The Hall–Kier alpha value is -2.14. The second kappa shape index (κ2) is 8.91. The first kappa shape index (κ1) is 20.6. The monoisotopic (exact) mass is 393 g/mol. The highest BCUT2D eigenvalue weighted by atomic mass is 16.6. The average molecular weight is 393 g/mol. The Bertz CT molecular complexity index is 798. The molecule has 0 aromatic carbocycles. The van der Waals surface area contributed by atoms with E-state index in [4.69, 9.17) is 4.74 Å². The third-order valence-corrected chi connectivity index (χ3v) is 4.91. The zero-order valence-corrected chi connectivity index (χ0v) is 16.0. The summed E-state index contributed by atoms with van der Waals surface area (Å²) in [7, 11) is 0. The van der Waals surface area contributed by atoms with Gasteiger partial charge in [-0.1, -0.05) is 19.8 Å². The Labute approximate surface area is 162 Å². The van der Waals surface area contributed by atoms with Crippen LogP contribution in [0.5, 0.6) is 0 Å². The predicted octanol–water partition coefficient (Wildman–Crippen LogP) is 0.386. The minimum Gasteiger partial charge on any atom is -0.393 e. The van der Waals surface area contributed by atoms with E-state index in [0.717, 1.165) is 19.3 Å². The number of nitrogens with zero attached hydrogens (tertiary/aromatic N) is 4.